The maximum Gasteiger partial charge on any atom is 0.277 e. The van der Waals surface area contributed by atoms with Crippen molar-refractivity contribution in [2.24, 2.45) is 5.73 Å². The number of aromatic nitrogens is 3. The number of nitrogens with zero attached hydrogens (tertiary/aromatic N) is 3. The molecule has 0 amide bonds. The lowest BCUT2D eigenvalue weighted by molar-refractivity contribution is 0.414. The molecule has 1 aromatic carbocycles. The van der Waals surface area contributed by atoms with Crippen molar-refractivity contribution in [3.8, 4) is 11.5 Å². The van der Waals surface area contributed by atoms with Gasteiger partial charge in [0.15, 0.2) is 0 Å². The van der Waals surface area contributed by atoms with E-state index in [1.165, 1.54) is 30.2 Å². The van der Waals surface area contributed by atoms with E-state index in [-0.39, 0.29) is 12.4 Å². The Morgan fingerprint density at radius 3 is 2.95 bits per heavy atom. The van der Waals surface area contributed by atoms with E-state index in [0.717, 1.165) is 0 Å². The first-order valence-electron chi connectivity index (χ1n) is 6.10. The van der Waals surface area contributed by atoms with E-state index in [1.807, 2.05) is 0 Å². The molecule has 2 N–H and O–H groups in total. The molecule has 0 spiro atoms. The van der Waals surface area contributed by atoms with Gasteiger partial charge in [-0.25, -0.2) is 9.37 Å². The van der Waals surface area contributed by atoms with Crippen molar-refractivity contribution < 1.29 is 13.2 Å². The zero-order chi connectivity index (χ0) is 14.7. The smallest absolute Gasteiger partial charge is 0.277 e. The molecule has 8 heteroatoms. The molecule has 0 aliphatic carbocycles. The van der Waals surface area contributed by atoms with Crippen LogP contribution in [-0.4, -0.2) is 15.2 Å². The summed E-state index contributed by atoms with van der Waals surface area (Å²) in [5.41, 5.74) is 6.68. The zero-order valence-electron chi connectivity index (χ0n) is 10.8. The Bertz CT molecular complexity index is 743. The fourth-order valence-electron chi connectivity index (χ4n) is 1.64. The standard InChI is InChI=1S/C13H11FN4O2S/c14-9-3-1-2-8(4-9)12-16-10(6-19-12)7-21-13-18-17-11(5-15)20-13/h1-4,6H,5,7,15H2. The maximum atomic E-state index is 13.2. The summed E-state index contributed by atoms with van der Waals surface area (Å²) in [6.07, 6.45) is 1.52. The maximum absolute atomic E-state index is 13.2. The molecule has 6 nitrogen and oxygen atoms in total. The lowest BCUT2D eigenvalue weighted by atomic mass is 10.2. The van der Waals surface area contributed by atoms with Crippen molar-refractivity contribution in [2.45, 2.75) is 17.5 Å². The van der Waals surface area contributed by atoms with Gasteiger partial charge in [0.05, 0.1) is 12.2 Å². The number of thioether (sulfide) groups is 1. The highest BCUT2D eigenvalue weighted by Crippen LogP contribution is 2.24. The van der Waals surface area contributed by atoms with E-state index in [4.69, 9.17) is 14.6 Å². The molecule has 3 aromatic rings. The number of halogens is 1. The Balaban J connectivity index is 1.67. The van der Waals surface area contributed by atoms with Crippen molar-refractivity contribution >= 4 is 11.8 Å². The molecule has 0 aliphatic heterocycles. The molecular weight excluding hydrogens is 295 g/mol. The van der Waals surface area contributed by atoms with Gasteiger partial charge in [-0.3, -0.25) is 0 Å². The summed E-state index contributed by atoms with van der Waals surface area (Å²) in [7, 11) is 0. The summed E-state index contributed by atoms with van der Waals surface area (Å²) in [5.74, 6) is 0.934. The highest BCUT2D eigenvalue weighted by molar-refractivity contribution is 7.98. The third-order valence-electron chi connectivity index (χ3n) is 2.59. The Hall–Kier alpha value is -2.19. The minimum absolute atomic E-state index is 0.210. The first kappa shape index (κ1) is 13.8. The van der Waals surface area contributed by atoms with Crippen LogP contribution < -0.4 is 5.73 Å². The van der Waals surface area contributed by atoms with E-state index in [2.05, 4.69) is 15.2 Å². The number of rotatable bonds is 5. The average molecular weight is 306 g/mol. The van der Waals surface area contributed by atoms with Crippen LogP contribution in [0.25, 0.3) is 11.5 Å². The van der Waals surface area contributed by atoms with Gasteiger partial charge in [-0.15, -0.1) is 10.2 Å². The molecule has 2 heterocycles. The minimum atomic E-state index is -0.332. The summed E-state index contributed by atoms with van der Waals surface area (Å²) < 4.78 is 23.8. The van der Waals surface area contributed by atoms with Crippen LogP contribution in [0.5, 0.6) is 0 Å². The van der Waals surface area contributed by atoms with E-state index in [9.17, 15) is 4.39 Å². The summed E-state index contributed by atoms with van der Waals surface area (Å²) in [4.78, 5) is 4.29. The quantitative estimate of drug-likeness (QED) is 0.724. The number of hydrogen-bond acceptors (Lipinski definition) is 7. The van der Waals surface area contributed by atoms with Gasteiger partial charge in [0.1, 0.15) is 12.1 Å². The van der Waals surface area contributed by atoms with Gasteiger partial charge in [-0.1, -0.05) is 17.8 Å². The van der Waals surface area contributed by atoms with E-state index in [0.29, 0.717) is 34.0 Å². The van der Waals surface area contributed by atoms with Gasteiger partial charge >= 0.3 is 0 Å². The van der Waals surface area contributed by atoms with Gasteiger partial charge in [0, 0.05) is 11.3 Å². The SMILES string of the molecule is NCc1nnc(SCc2coc(-c3cccc(F)c3)n2)o1. The summed E-state index contributed by atoms with van der Waals surface area (Å²) in [6, 6.07) is 6.08. The van der Waals surface area contributed by atoms with Crippen LogP contribution in [0.3, 0.4) is 0 Å². The highest BCUT2D eigenvalue weighted by Gasteiger charge is 2.10. The van der Waals surface area contributed by atoms with Crippen LogP contribution in [0.15, 0.2) is 44.6 Å². The van der Waals surface area contributed by atoms with Gasteiger partial charge in [0.25, 0.3) is 5.22 Å². The molecule has 0 aliphatic rings. The normalized spacial score (nSPS) is 11.0. The Morgan fingerprint density at radius 1 is 1.29 bits per heavy atom. The monoisotopic (exact) mass is 306 g/mol. The minimum Gasteiger partial charge on any atom is -0.444 e. The molecule has 0 fully saturated rings. The predicted octanol–water partition coefficient (Wildman–Crippen LogP) is 2.61. The molecule has 108 valence electrons. The molecule has 0 bridgehead atoms. The topological polar surface area (TPSA) is 91.0 Å². The molecular formula is C13H11FN4O2S. The van der Waals surface area contributed by atoms with E-state index < -0.39 is 0 Å². The molecule has 0 saturated heterocycles. The number of hydrogen-bond donors (Lipinski definition) is 1. The summed E-state index contributed by atoms with van der Waals surface area (Å²) >= 11 is 1.33. The second-order valence-electron chi connectivity index (χ2n) is 4.11. The first-order chi connectivity index (χ1) is 10.2. The van der Waals surface area contributed by atoms with E-state index in [1.54, 1.807) is 12.1 Å². The van der Waals surface area contributed by atoms with Gasteiger partial charge in [-0.2, -0.15) is 0 Å². The zero-order valence-corrected chi connectivity index (χ0v) is 11.6. The van der Waals surface area contributed by atoms with Crippen LogP contribution >= 0.6 is 11.8 Å². The summed E-state index contributed by atoms with van der Waals surface area (Å²) in [5, 5.41) is 8.02. The van der Waals surface area contributed by atoms with Crippen molar-refractivity contribution in [3.63, 3.8) is 0 Å². The first-order valence-corrected chi connectivity index (χ1v) is 7.09. The molecule has 2 aromatic heterocycles. The fourth-order valence-corrected chi connectivity index (χ4v) is 2.30. The number of benzene rings is 1. The molecule has 0 atom stereocenters. The van der Waals surface area contributed by atoms with Crippen molar-refractivity contribution in [3.05, 3.63) is 47.9 Å². The molecule has 0 unspecified atom stereocenters. The molecule has 21 heavy (non-hydrogen) atoms. The van der Waals surface area contributed by atoms with Gasteiger partial charge in [-0.05, 0) is 18.2 Å². The van der Waals surface area contributed by atoms with Crippen LogP contribution in [0.4, 0.5) is 4.39 Å². The number of oxazole rings is 1. The molecule has 0 radical (unpaired) electrons. The predicted molar refractivity (Wildman–Crippen MR) is 73.6 cm³/mol. The Morgan fingerprint density at radius 2 is 2.19 bits per heavy atom. The lowest BCUT2D eigenvalue weighted by Crippen LogP contribution is -1.95. The van der Waals surface area contributed by atoms with Crippen molar-refractivity contribution in [1.82, 2.24) is 15.2 Å². The summed E-state index contributed by atoms with van der Waals surface area (Å²) in [6.45, 7) is 0.210. The second-order valence-corrected chi connectivity index (χ2v) is 5.04. The van der Waals surface area contributed by atoms with Crippen LogP contribution in [0.2, 0.25) is 0 Å². The third kappa shape index (κ3) is 3.29. The third-order valence-corrected chi connectivity index (χ3v) is 3.44. The molecule has 0 saturated carbocycles. The Labute approximate surface area is 123 Å². The fraction of sp³-hybridized carbons (Fsp3) is 0.154. The lowest BCUT2D eigenvalue weighted by Gasteiger charge is -1.94. The largest absolute Gasteiger partial charge is 0.444 e. The average Bonchev–Trinajstić information content (AvgIpc) is 3.14. The van der Waals surface area contributed by atoms with E-state index >= 15 is 0 Å². The van der Waals surface area contributed by atoms with Crippen LogP contribution in [0.1, 0.15) is 11.6 Å². The van der Waals surface area contributed by atoms with Gasteiger partial charge in [0.2, 0.25) is 11.8 Å². The van der Waals surface area contributed by atoms with Crippen LogP contribution in [0, 0.1) is 5.82 Å². The van der Waals surface area contributed by atoms with Crippen LogP contribution in [-0.2, 0) is 12.3 Å². The van der Waals surface area contributed by atoms with Crippen molar-refractivity contribution in [1.29, 1.82) is 0 Å². The highest BCUT2D eigenvalue weighted by atomic mass is 32.2. The number of nitrogens with two attached hydrogens (primary N) is 1. The van der Waals surface area contributed by atoms with Crippen molar-refractivity contribution in [2.75, 3.05) is 0 Å². The Kier molecular flexibility index (Phi) is 3.98. The van der Waals surface area contributed by atoms with Gasteiger partial charge < -0.3 is 14.6 Å². The molecule has 3 rings (SSSR count). The second kappa shape index (κ2) is 6.06.